The number of nitrogens with zero attached hydrogens (tertiary/aromatic N) is 2. The molecule has 7 heteroatoms. The molecule has 0 radical (unpaired) electrons. The lowest BCUT2D eigenvalue weighted by Crippen LogP contribution is -2.10. The van der Waals surface area contributed by atoms with Gasteiger partial charge in [0, 0.05) is 17.3 Å². The predicted octanol–water partition coefficient (Wildman–Crippen LogP) is 5.84. The second-order valence-corrected chi connectivity index (χ2v) is 7.05. The number of carbonyl (C=O) groups is 1. The van der Waals surface area contributed by atoms with Gasteiger partial charge < -0.3 is 9.47 Å². The highest BCUT2D eigenvalue weighted by molar-refractivity contribution is 6.30. The van der Waals surface area contributed by atoms with Crippen LogP contribution in [0.15, 0.2) is 66.9 Å². The largest absolute Gasteiger partial charge is 0.457 e. The fraction of sp³-hybridized carbons (Fsp3) is 0.130. The van der Waals surface area contributed by atoms with Crippen LogP contribution >= 0.6 is 11.6 Å². The minimum atomic E-state index is -0.451. The molecule has 0 aliphatic heterocycles. The Morgan fingerprint density at radius 3 is 2.40 bits per heavy atom. The number of carbonyl (C=O) groups excluding carboxylic acids is 1. The van der Waals surface area contributed by atoms with E-state index in [0.717, 1.165) is 5.56 Å². The van der Waals surface area contributed by atoms with Crippen molar-refractivity contribution in [3.8, 4) is 11.5 Å². The third-order valence-corrected chi connectivity index (χ3v) is 4.77. The van der Waals surface area contributed by atoms with Crippen LogP contribution in [0.3, 0.4) is 0 Å². The number of aryl methyl sites for hydroxylation is 1. The molecule has 0 unspecified atom stereocenters. The monoisotopic (exact) mass is 424 g/mol. The Labute approximate surface area is 177 Å². The summed E-state index contributed by atoms with van der Waals surface area (Å²) in [6.07, 6.45) is 2.31. The van der Waals surface area contributed by atoms with Crippen molar-refractivity contribution in [2.75, 3.05) is 0 Å². The molecule has 0 fully saturated rings. The minimum absolute atomic E-state index is 0.111. The summed E-state index contributed by atoms with van der Waals surface area (Å²) in [4.78, 5) is 17.2. The summed E-state index contributed by atoms with van der Waals surface area (Å²) in [5, 5.41) is 0.554. The normalized spacial score (nSPS) is 10.9. The lowest BCUT2D eigenvalue weighted by Gasteiger charge is -2.08. The molecular formula is C23H18ClFN2O3. The number of fused-ring (bicyclic) bond motifs is 1. The Bertz CT molecular complexity index is 1190. The van der Waals surface area contributed by atoms with E-state index in [1.807, 2.05) is 6.92 Å². The van der Waals surface area contributed by atoms with Crippen molar-refractivity contribution in [3.63, 3.8) is 0 Å². The quantitative estimate of drug-likeness (QED) is 0.365. The zero-order valence-corrected chi connectivity index (χ0v) is 16.9. The number of hydrogen-bond donors (Lipinski definition) is 0. The van der Waals surface area contributed by atoms with E-state index >= 15 is 0 Å². The van der Waals surface area contributed by atoms with E-state index in [1.165, 1.54) is 12.1 Å². The topological polar surface area (TPSA) is 52.8 Å². The molecule has 0 aliphatic carbocycles. The van der Waals surface area contributed by atoms with Crippen molar-refractivity contribution < 1.29 is 18.7 Å². The average molecular weight is 425 g/mol. The van der Waals surface area contributed by atoms with Crippen LogP contribution in [0.25, 0.3) is 5.65 Å². The maximum atomic E-state index is 13.0. The van der Waals surface area contributed by atoms with Crippen molar-refractivity contribution >= 4 is 23.2 Å². The molecule has 4 rings (SSSR count). The number of halogens is 2. The van der Waals surface area contributed by atoms with E-state index in [-0.39, 0.29) is 12.4 Å². The Morgan fingerprint density at radius 2 is 1.73 bits per heavy atom. The zero-order chi connectivity index (χ0) is 21.1. The zero-order valence-electron chi connectivity index (χ0n) is 16.1. The van der Waals surface area contributed by atoms with Crippen LogP contribution in [0.2, 0.25) is 5.02 Å². The lowest BCUT2D eigenvalue weighted by atomic mass is 10.2. The molecule has 30 heavy (non-hydrogen) atoms. The maximum Gasteiger partial charge on any atom is 0.357 e. The van der Waals surface area contributed by atoms with Crippen molar-refractivity contribution in [2.24, 2.45) is 0 Å². The van der Waals surface area contributed by atoms with Gasteiger partial charge in [0.2, 0.25) is 0 Å². The van der Waals surface area contributed by atoms with Crippen molar-refractivity contribution in [2.45, 2.75) is 20.0 Å². The van der Waals surface area contributed by atoms with Gasteiger partial charge in [0.15, 0.2) is 5.69 Å². The first-order valence-electron chi connectivity index (χ1n) is 9.39. The molecule has 2 heterocycles. The summed E-state index contributed by atoms with van der Waals surface area (Å²) in [6.45, 7) is 2.04. The van der Waals surface area contributed by atoms with E-state index in [9.17, 15) is 9.18 Å². The summed E-state index contributed by atoms with van der Waals surface area (Å²) in [7, 11) is 0. The summed E-state index contributed by atoms with van der Waals surface area (Å²) in [6, 6.07) is 16.3. The number of rotatable bonds is 6. The number of esters is 1. The lowest BCUT2D eigenvalue weighted by molar-refractivity contribution is 0.0463. The molecule has 4 aromatic rings. The first-order valence-corrected chi connectivity index (χ1v) is 9.77. The molecule has 0 bridgehead atoms. The molecule has 0 amide bonds. The fourth-order valence-electron chi connectivity index (χ4n) is 3.04. The van der Waals surface area contributed by atoms with Crippen molar-refractivity contribution in [3.05, 3.63) is 94.7 Å². The number of benzene rings is 2. The first-order chi connectivity index (χ1) is 14.5. The Balaban J connectivity index is 1.44. The molecular weight excluding hydrogens is 407 g/mol. The van der Waals surface area contributed by atoms with Crippen LogP contribution in [-0.4, -0.2) is 15.4 Å². The third-order valence-electron chi connectivity index (χ3n) is 4.53. The highest BCUT2D eigenvalue weighted by Gasteiger charge is 2.20. The van der Waals surface area contributed by atoms with Gasteiger partial charge in [0.25, 0.3) is 0 Å². The Morgan fingerprint density at radius 1 is 1.07 bits per heavy atom. The molecule has 0 spiro atoms. The number of aromatic nitrogens is 2. The van der Waals surface area contributed by atoms with E-state index in [2.05, 4.69) is 4.98 Å². The summed E-state index contributed by atoms with van der Waals surface area (Å²) in [5.41, 5.74) is 2.48. The summed E-state index contributed by atoms with van der Waals surface area (Å²) < 4.78 is 25.8. The number of hydrogen-bond acceptors (Lipinski definition) is 4. The minimum Gasteiger partial charge on any atom is -0.457 e. The summed E-state index contributed by atoms with van der Waals surface area (Å²) >= 11 is 6.02. The van der Waals surface area contributed by atoms with Gasteiger partial charge in [0.1, 0.15) is 29.6 Å². The highest BCUT2D eigenvalue weighted by Crippen LogP contribution is 2.23. The van der Waals surface area contributed by atoms with Crippen LogP contribution in [0, 0.1) is 5.82 Å². The van der Waals surface area contributed by atoms with Crippen LogP contribution in [0.1, 0.15) is 28.7 Å². The third kappa shape index (κ3) is 4.28. The predicted molar refractivity (Wildman–Crippen MR) is 112 cm³/mol. The van der Waals surface area contributed by atoms with Crippen LogP contribution < -0.4 is 4.74 Å². The Kier molecular flexibility index (Phi) is 5.68. The SMILES string of the molecule is CCc1nc2cc(Cl)ccn2c1C(=O)OCc1ccc(Oc2ccc(F)cc2)cc1. The molecule has 2 aromatic heterocycles. The van der Waals surface area contributed by atoms with Crippen LogP contribution in [0.4, 0.5) is 4.39 Å². The van der Waals surface area contributed by atoms with E-state index in [0.29, 0.717) is 40.0 Å². The summed E-state index contributed by atoms with van der Waals surface area (Å²) in [5.74, 6) is 0.368. The second kappa shape index (κ2) is 8.55. The van der Waals surface area contributed by atoms with Gasteiger partial charge in [0.05, 0.1) is 5.69 Å². The molecule has 5 nitrogen and oxygen atoms in total. The molecule has 0 atom stereocenters. The standard InChI is InChI=1S/C23H18ClFN2O3/c1-2-20-22(27-12-11-16(24)13-21(27)26-20)23(28)29-14-15-3-7-18(8-4-15)30-19-9-5-17(25)6-10-19/h3-13H,2,14H2,1H3. The second-order valence-electron chi connectivity index (χ2n) is 6.61. The van der Waals surface area contributed by atoms with Gasteiger partial charge in [-0.25, -0.2) is 14.2 Å². The first kappa shape index (κ1) is 19.9. The van der Waals surface area contributed by atoms with Crippen molar-refractivity contribution in [1.82, 2.24) is 9.38 Å². The van der Waals surface area contributed by atoms with Gasteiger partial charge in [-0.3, -0.25) is 4.40 Å². The number of pyridine rings is 1. The van der Waals surface area contributed by atoms with E-state index in [1.54, 1.807) is 59.1 Å². The smallest absolute Gasteiger partial charge is 0.357 e. The van der Waals surface area contributed by atoms with Crippen LogP contribution in [0.5, 0.6) is 11.5 Å². The molecule has 0 saturated carbocycles. The van der Waals surface area contributed by atoms with E-state index < -0.39 is 5.97 Å². The molecule has 152 valence electrons. The van der Waals surface area contributed by atoms with Crippen molar-refractivity contribution in [1.29, 1.82) is 0 Å². The number of imidazole rings is 1. The van der Waals surface area contributed by atoms with Gasteiger partial charge in [-0.15, -0.1) is 0 Å². The van der Waals surface area contributed by atoms with Crippen LogP contribution in [-0.2, 0) is 17.8 Å². The molecule has 2 aromatic carbocycles. The van der Waals surface area contributed by atoms with Gasteiger partial charge >= 0.3 is 5.97 Å². The van der Waals surface area contributed by atoms with Gasteiger partial charge in [-0.2, -0.15) is 0 Å². The average Bonchev–Trinajstić information content (AvgIpc) is 3.12. The highest BCUT2D eigenvalue weighted by atomic mass is 35.5. The van der Waals surface area contributed by atoms with Gasteiger partial charge in [-0.05, 0) is 54.4 Å². The molecule has 0 aliphatic rings. The fourth-order valence-corrected chi connectivity index (χ4v) is 3.19. The van der Waals surface area contributed by atoms with Gasteiger partial charge in [-0.1, -0.05) is 30.7 Å². The Hall–Kier alpha value is -3.38. The maximum absolute atomic E-state index is 13.0. The van der Waals surface area contributed by atoms with E-state index in [4.69, 9.17) is 21.1 Å². The number of ether oxygens (including phenoxy) is 2. The molecule has 0 N–H and O–H groups in total. The molecule has 0 saturated heterocycles.